The second kappa shape index (κ2) is 5.75. The van der Waals surface area contributed by atoms with E-state index in [1.165, 1.54) is 24.3 Å². The van der Waals surface area contributed by atoms with E-state index < -0.39 is 11.9 Å². The van der Waals surface area contributed by atoms with E-state index >= 15 is 0 Å². The SMILES string of the molecule is O=C(O)c1ccc(Br)c(NC(=O)c2cccc(O)c2)c1. The Balaban J connectivity index is 2.27. The number of carbonyl (C=O) groups excluding carboxylic acids is 1. The summed E-state index contributed by atoms with van der Waals surface area (Å²) in [6, 6.07) is 10.2. The fraction of sp³-hybridized carbons (Fsp3) is 0. The quantitative estimate of drug-likeness (QED) is 0.804. The van der Waals surface area contributed by atoms with Gasteiger partial charge in [-0.15, -0.1) is 0 Å². The largest absolute Gasteiger partial charge is 0.508 e. The molecule has 3 N–H and O–H groups in total. The lowest BCUT2D eigenvalue weighted by Gasteiger charge is -2.08. The number of carbonyl (C=O) groups is 2. The van der Waals surface area contributed by atoms with Crippen molar-refractivity contribution < 1.29 is 19.8 Å². The average Bonchev–Trinajstić information content (AvgIpc) is 2.41. The molecule has 0 spiro atoms. The van der Waals surface area contributed by atoms with Crippen molar-refractivity contribution in [3.05, 3.63) is 58.1 Å². The van der Waals surface area contributed by atoms with E-state index in [9.17, 15) is 14.7 Å². The van der Waals surface area contributed by atoms with Gasteiger partial charge in [0.2, 0.25) is 0 Å². The predicted molar refractivity (Wildman–Crippen MR) is 77.2 cm³/mol. The lowest BCUT2D eigenvalue weighted by molar-refractivity contribution is 0.0696. The zero-order valence-electron chi connectivity index (χ0n) is 10.1. The van der Waals surface area contributed by atoms with Gasteiger partial charge in [-0.2, -0.15) is 0 Å². The van der Waals surface area contributed by atoms with Crippen molar-refractivity contribution >= 4 is 33.5 Å². The van der Waals surface area contributed by atoms with Crippen LogP contribution in [0.3, 0.4) is 0 Å². The van der Waals surface area contributed by atoms with Crippen molar-refractivity contribution in [1.82, 2.24) is 0 Å². The van der Waals surface area contributed by atoms with E-state index in [0.717, 1.165) is 0 Å². The Morgan fingerprint density at radius 3 is 2.45 bits per heavy atom. The molecule has 0 unspecified atom stereocenters. The molecule has 2 aromatic carbocycles. The standard InChI is InChI=1S/C14H10BrNO4/c15-11-5-4-9(14(19)20)7-12(11)16-13(18)8-2-1-3-10(17)6-8/h1-7,17H,(H,16,18)(H,19,20). The molecule has 5 nitrogen and oxygen atoms in total. The Morgan fingerprint density at radius 1 is 1.05 bits per heavy atom. The Labute approximate surface area is 123 Å². The van der Waals surface area contributed by atoms with Crippen LogP contribution in [0.1, 0.15) is 20.7 Å². The molecule has 0 saturated heterocycles. The van der Waals surface area contributed by atoms with Crippen molar-refractivity contribution in [3.63, 3.8) is 0 Å². The maximum Gasteiger partial charge on any atom is 0.335 e. The highest BCUT2D eigenvalue weighted by atomic mass is 79.9. The number of amides is 1. The highest BCUT2D eigenvalue weighted by molar-refractivity contribution is 9.10. The van der Waals surface area contributed by atoms with Crippen LogP contribution in [0, 0.1) is 0 Å². The summed E-state index contributed by atoms with van der Waals surface area (Å²) in [6.45, 7) is 0. The first-order valence-corrected chi connectivity index (χ1v) is 6.40. The van der Waals surface area contributed by atoms with E-state index in [2.05, 4.69) is 21.2 Å². The highest BCUT2D eigenvalue weighted by Gasteiger charge is 2.11. The topological polar surface area (TPSA) is 86.6 Å². The minimum absolute atomic E-state index is 0.0176. The first-order chi connectivity index (χ1) is 9.47. The molecule has 102 valence electrons. The third-order valence-corrected chi connectivity index (χ3v) is 3.26. The molecular formula is C14H10BrNO4. The minimum atomic E-state index is -1.08. The summed E-state index contributed by atoms with van der Waals surface area (Å²) in [4.78, 5) is 22.9. The molecule has 2 aromatic rings. The normalized spacial score (nSPS) is 10.1. The molecule has 0 radical (unpaired) electrons. The molecule has 0 saturated carbocycles. The molecule has 0 aliphatic heterocycles. The summed E-state index contributed by atoms with van der Waals surface area (Å²) in [5.74, 6) is -1.54. The van der Waals surface area contributed by atoms with E-state index in [-0.39, 0.29) is 16.9 Å². The van der Waals surface area contributed by atoms with E-state index in [1.807, 2.05) is 0 Å². The molecule has 0 bridgehead atoms. The number of anilines is 1. The lowest BCUT2D eigenvalue weighted by atomic mass is 10.1. The smallest absolute Gasteiger partial charge is 0.335 e. The van der Waals surface area contributed by atoms with Gasteiger partial charge in [-0.05, 0) is 52.3 Å². The number of benzene rings is 2. The molecule has 0 heterocycles. The number of nitrogens with one attached hydrogen (secondary N) is 1. The third kappa shape index (κ3) is 3.16. The van der Waals surface area contributed by atoms with Gasteiger partial charge in [-0.1, -0.05) is 6.07 Å². The Hall–Kier alpha value is -2.34. The van der Waals surface area contributed by atoms with Crippen LogP contribution in [0.15, 0.2) is 46.9 Å². The molecular weight excluding hydrogens is 326 g/mol. The van der Waals surface area contributed by atoms with Crippen LogP contribution in [0.5, 0.6) is 5.75 Å². The van der Waals surface area contributed by atoms with Gasteiger partial charge in [-0.3, -0.25) is 4.79 Å². The van der Waals surface area contributed by atoms with Gasteiger partial charge in [0.1, 0.15) is 5.75 Å². The monoisotopic (exact) mass is 335 g/mol. The molecule has 0 aliphatic carbocycles. The molecule has 0 fully saturated rings. The van der Waals surface area contributed by atoms with Gasteiger partial charge in [0.15, 0.2) is 0 Å². The van der Waals surface area contributed by atoms with Crippen molar-refractivity contribution in [2.24, 2.45) is 0 Å². The molecule has 6 heteroatoms. The Kier molecular flexibility index (Phi) is 4.05. The molecule has 0 aliphatic rings. The molecule has 1 amide bonds. The summed E-state index contributed by atoms with van der Waals surface area (Å²) in [5.41, 5.74) is 0.690. The molecule has 0 atom stereocenters. The number of hydrogen-bond donors (Lipinski definition) is 3. The number of rotatable bonds is 3. The van der Waals surface area contributed by atoms with Crippen LogP contribution >= 0.6 is 15.9 Å². The van der Waals surface area contributed by atoms with Crippen LogP contribution in [0.25, 0.3) is 0 Å². The second-order valence-corrected chi connectivity index (χ2v) is 4.86. The first-order valence-electron chi connectivity index (χ1n) is 5.60. The van der Waals surface area contributed by atoms with Crippen molar-refractivity contribution in [3.8, 4) is 5.75 Å². The summed E-state index contributed by atoms with van der Waals surface area (Å²) in [5, 5.41) is 20.8. The van der Waals surface area contributed by atoms with Crippen LogP contribution in [-0.4, -0.2) is 22.1 Å². The maximum atomic E-state index is 12.0. The lowest BCUT2D eigenvalue weighted by Crippen LogP contribution is -2.12. The minimum Gasteiger partial charge on any atom is -0.508 e. The third-order valence-electron chi connectivity index (χ3n) is 2.57. The number of phenolic OH excluding ortho intramolecular Hbond substituents is 1. The van der Waals surface area contributed by atoms with Gasteiger partial charge < -0.3 is 15.5 Å². The van der Waals surface area contributed by atoms with Crippen LogP contribution in [0.2, 0.25) is 0 Å². The maximum absolute atomic E-state index is 12.0. The number of halogens is 1. The Bertz CT molecular complexity index is 685. The predicted octanol–water partition coefficient (Wildman–Crippen LogP) is 3.11. The summed E-state index contributed by atoms with van der Waals surface area (Å²) in [6.07, 6.45) is 0. The second-order valence-electron chi connectivity index (χ2n) is 4.00. The number of hydrogen-bond acceptors (Lipinski definition) is 3. The first kappa shape index (κ1) is 14.1. The zero-order chi connectivity index (χ0) is 14.7. The fourth-order valence-corrected chi connectivity index (χ4v) is 1.94. The van der Waals surface area contributed by atoms with Crippen molar-refractivity contribution in [1.29, 1.82) is 0 Å². The molecule has 20 heavy (non-hydrogen) atoms. The van der Waals surface area contributed by atoms with Crippen molar-refractivity contribution in [2.45, 2.75) is 0 Å². The van der Waals surface area contributed by atoms with Gasteiger partial charge in [0, 0.05) is 10.0 Å². The number of carboxylic acids is 1. The van der Waals surface area contributed by atoms with Gasteiger partial charge in [0.25, 0.3) is 5.91 Å². The number of phenols is 1. The number of carboxylic acid groups (broad SMARTS) is 1. The van der Waals surface area contributed by atoms with E-state index in [1.54, 1.807) is 18.2 Å². The van der Waals surface area contributed by atoms with Crippen LogP contribution < -0.4 is 5.32 Å². The summed E-state index contributed by atoms with van der Waals surface area (Å²) in [7, 11) is 0. The van der Waals surface area contributed by atoms with Gasteiger partial charge in [0.05, 0.1) is 11.3 Å². The Morgan fingerprint density at radius 2 is 1.80 bits per heavy atom. The number of aromatic carboxylic acids is 1. The highest BCUT2D eigenvalue weighted by Crippen LogP contribution is 2.24. The average molecular weight is 336 g/mol. The fourth-order valence-electron chi connectivity index (χ4n) is 1.60. The van der Waals surface area contributed by atoms with Crippen molar-refractivity contribution in [2.75, 3.05) is 5.32 Å². The van der Waals surface area contributed by atoms with Crippen LogP contribution in [0.4, 0.5) is 5.69 Å². The van der Waals surface area contributed by atoms with Gasteiger partial charge in [-0.25, -0.2) is 4.79 Å². The zero-order valence-corrected chi connectivity index (χ0v) is 11.7. The summed E-state index contributed by atoms with van der Waals surface area (Å²) >= 11 is 3.24. The number of aromatic hydroxyl groups is 1. The summed E-state index contributed by atoms with van der Waals surface area (Å²) < 4.78 is 0.566. The molecule has 2 rings (SSSR count). The van der Waals surface area contributed by atoms with E-state index in [0.29, 0.717) is 10.2 Å². The van der Waals surface area contributed by atoms with Gasteiger partial charge >= 0.3 is 5.97 Å². The van der Waals surface area contributed by atoms with Crippen LogP contribution in [-0.2, 0) is 0 Å². The van der Waals surface area contributed by atoms with E-state index in [4.69, 9.17) is 5.11 Å². The molecule has 0 aromatic heterocycles.